The summed E-state index contributed by atoms with van der Waals surface area (Å²) in [6, 6.07) is 12.3. The highest BCUT2D eigenvalue weighted by Crippen LogP contribution is 2.21. The predicted molar refractivity (Wildman–Crippen MR) is 116 cm³/mol. The molecule has 8 heteroatoms. The van der Waals surface area contributed by atoms with Gasteiger partial charge in [0.1, 0.15) is 6.04 Å². The third-order valence-corrected chi connectivity index (χ3v) is 5.00. The van der Waals surface area contributed by atoms with E-state index in [1.807, 2.05) is 45.0 Å². The molecule has 0 radical (unpaired) electrons. The van der Waals surface area contributed by atoms with Crippen molar-refractivity contribution in [3.63, 3.8) is 0 Å². The number of nitrogens with one attached hydrogen (secondary N) is 3. The largest absolute Gasteiger partial charge is 0.324 e. The van der Waals surface area contributed by atoms with Crippen molar-refractivity contribution < 1.29 is 9.59 Å². The number of carbonyl (C=O) groups excluding carboxylic acids is 2. The first kappa shape index (κ1) is 19.5. The van der Waals surface area contributed by atoms with Crippen LogP contribution in [0.25, 0.3) is 10.9 Å². The monoisotopic (exact) mass is 402 g/mol. The highest BCUT2D eigenvalue weighted by Gasteiger charge is 2.27. The van der Waals surface area contributed by atoms with E-state index in [0.29, 0.717) is 11.6 Å². The topological polar surface area (TPSA) is 108 Å². The molecule has 4 rings (SSSR count). The van der Waals surface area contributed by atoms with E-state index in [-0.39, 0.29) is 24.2 Å². The van der Waals surface area contributed by atoms with Crippen LogP contribution in [-0.4, -0.2) is 33.8 Å². The normalized spacial score (nSPS) is 16.0. The summed E-state index contributed by atoms with van der Waals surface area (Å²) in [6.45, 7) is 5.98. The second-order valence-electron chi connectivity index (χ2n) is 7.31. The minimum Gasteiger partial charge on any atom is -0.324 e. The van der Waals surface area contributed by atoms with Crippen molar-refractivity contribution in [2.45, 2.75) is 33.2 Å². The van der Waals surface area contributed by atoms with Gasteiger partial charge in [-0.25, -0.2) is 15.0 Å². The molecule has 0 saturated carbocycles. The van der Waals surface area contributed by atoms with Crippen LogP contribution in [0.5, 0.6) is 0 Å². The van der Waals surface area contributed by atoms with Crippen LogP contribution in [0.1, 0.15) is 23.2 Å². The number of rotatable bonds is 3. The predicted octanol–water partition coefficient (Wildman–Crippen LogP) is 2.85. The zero-order valence-electron chi connectivity index (χ0n) is 17.0. The number of amides is 2. The molecule has 0 bridgehead atoms. The van der Waals surface area contributed by atoms with Crippen LogP contribution in [0.3, 0.4) is 0 Å². The quantitative estimate of drug-likeness (QED) is 0.624. The van der Waals surface area contributed by atoms with Crippen LogP contribution in [0.4, 0.5) is 11.6 Å². The van der Waals surface area contributed by atoms with Crippen molar-refractivity contribution in [1.29, 1.82) is 0 Å². The number of nitrogens with zero attached hydrogens (tertiary/aromatic N) is 3. The SMILES string of the molecule is Cc1cc2nc(NC3=NC(C(=O)Nc4ccccc4)CC(=O)N3)nc(C)c2cc1C. The fourth-order valence-corrected chi connectivity index (χ4v) is 3.26. The highest BCUT2D eigenvalue weighted by molar-refractivity contribution is 6.09. The average Bonchev–Trinajstić information content (AvgIpc) is 2.70. The number of hydrogen-bond acceptors (Lipinski definition) is 6. The van der Waals surface area contributed by atoms with Crippen molar-refractivity contribution in [1.82, 2.24) is 15.3 Å². The Balaban J connectivity index is 1.58. The Morgan fingerprint density at radius 3 is 2.57 bits per heavy atom. The molecular formula is C22H22N6O2. The zero-order valence-corrected chi connectivity index (χ0v) is 17.0. The molecule has 0 spiro atoms. The van der Waals surface area contributed by atoms with Gasteiger partial charge in [-0.2, -0.15) is 0 Å². The fraction of sp³-hybridized carbons (Fsp3) is 0.227. The summed E-state index contributed by atoms with van der Waals surface area (Å²) in [5, 5.41) is 9.33. The molecule has 2 heterocycles. The molecule has 8 nitrogen and oxygen atoms in total. The van der Waals surface area contributed by atoms with Gasteiger partial charge >= 0.3 is 0 Å². The summed E-state index contributed by atoms with van der Waals surface area (Å²) < 4.78 is 0. The fourth-order valence-electron chi connectivity index (χ4n) is 3.26. The number of benzene rings is 2. The van der Waals surface area contributed by atoms with Gasteiger partial charge in [0, 0.05) is 11.1 Å². The minimum absolute atomic E-state index is 0.0279. The first-order chi connectivity index (χ1) is 14.4. The third kappa shape index (κ3) is 4.12. The molecular weight excluding hydrogens is 380 g/mol. The molecule has 1 aliphatic heterocycles. The summed E-state index contributed by atoms with van der Waals surface area (Å²) >= 11 is 0. The van der Waals surface area contributed by atoms with E-state index in [0.717, 1.165) is 22.2 Å². The third-order valence-electron chi connectivity index (χ3n) is 5.00. The van der Waals surface area contributed by atoms with Gasteiger partial charge in [0.05, 0.1) is 17.6 Å². The Morgan fingerprint density at radius 1 is 1.07 bits per heavy atom. The molecule has 0 aliphatic carbocycles. The lowest BCUT2D eigenvalue weighted by Gasteiger charge is -2.21. The molecule has 1 atom stereocenters. The summed E-state index contributed by atoms with van der Waals surface area (Å²) in [5.41, 5.74) is 4.57. The summed E-state index contributed by atoms with van der Waals surface area (Å²) in [7, 11) is 0. The molecule has 1 aliphatic rings. The van der Waals surface area contributed by atoms with Gasteiger partial charge in [0.15, 0.2) is 0 Å². The minimum atomic E-state index is -0.840. The van der Waals surface area contributed by atoms with Gasteiger partial charge < -0.3 is 5.32 Å². The molecule has 0 fully saturated rings. The molecule has 1 unspecified atom stereocenters. The lowest BCUT2D eigenvalue weighted by atomic mass is 10.1. The highest BCUT2D eigenvalue weighted by atomic mass is 16.2. The van der Waals surface area contributed by atoms with Crippen LogP contribution in [0.2, 0.25) is 0 Å². The van der Waals surface area contributed by atoms with E-state index in [1.54, 1.807) is 12.1 Å². The van der Waals surface area contributed by atoms with Crippen LogP contribution < -0.4 is 16.0 Å². The first-order valence-corrected chi connectivity index (χ1v) is 9.65. The Morgan fingerprint density at radius 2 is 1.80 bits per heavy atom. The van der Waals surface area contributed by atoms with E-state index < -0.39 is 6.04 Å². The van der Waals surface area contributed by atoms with E-state index in [9.17, 15) is 9.59 Å². The molecule has 3 N–H and O–H groups in total. The number of hydrogen-bond donors (Lipinski definition) is 3. The van der Waals surface area contributed by atoms with Crippen molar-refractivity contribution >= 4 is 40.3 Å². The maximum atomic E-state index is 12.6. The molecule has 0 saturated heterocycles. The smallest absolute Gasteiger partial charge is 0.249 e. The van der Waals surface area contributed by atoms with Gasteiger partial charge in [-0.3, -0.25) is 20.2 Å². The number of guanidine groups is 1. The molecule has 152 valence electrons. The first-order valence-electron chi connectivity index (χ1n) is 9.65. The summed E-state index contributed by atoms with van der Waals surface area (Å²) in [5.74, 6) is -0.185. The number of fused-ring (bicyclic) bond motifs is 1. The van der Waals surface area contributed by atoms with Crippen LogP contribution in [0, 0.1) is 20.8 Å². The van der Waals surface area contributed by atoms with Crippen molar-refractivity contribution in [2.75, 3.05) is 10.6 Å². The number of anilines is 2. The molecule has 30 heavy (non-hydrogen) atoms. The molecule has 1 aromatic heterocycles. The summed E-state index contributed by atoms with van der Waals surface area (Å²) in [6.07, 6.45) is -0.0279. The van der Waals surface area contributed by atoms with E-state index in [1.165, 1.54) is 5.56 Å². The summed E-state index contributed by atoms with van der Waals surface area (Å²) in [4.78, 5) is 38.1. The number of aromatic nitrogens is 2. The Bertz CT molecular complexity index is 1170. The van der Waals surface area contributed by atoms with Gasteiger partial charge in [-0.1, -0.05) is 18.2 Å². The second kappa shape index (κ2) is 7.90. The molecule has 2 amide bonds. The number of para-hydroxylation sites is 1. The van der Waals surface area contributed by atoms with Crippen LogP contribution >= 0.6 is 0 Å². The lowest BCUT2D eigenvalue weighted by molar-refractivity contribution is -0.124. The van der Waals surface area contributed by atoms with Gasteiger partial charge in [-0.15, -0.1) is 0 Å². The number of aliphatic imine (C=N–C) groups is 1. The second-order valence-corrected chi connectivity index (χ2v) is 7.31. The maximum absolute atomic E-state index is 12.6. The van der Waals surface area contributed by atoms with E-state index in [2.05, 4.69) is 37.0 Å². The van der Waals surface area contributed by atoms with Gasteiger partial charge in [-0.05, 0) is 56.2 Å². The number of aryl methyl sites for hydroxylation is 3. The van der Waals surface area contributed by atoms with Crippen molar-refractivity contribution in [3.8, 4) is 0 Å². The van der Waals surface area contributed by atoms with Crippen LogP contribution in [0.15, 0.2) is 47.5 Å². The van der Waals surface area contributed by atoms with E-state index >= 15 is 0 Å². The molecule has 2 aromatic carbocycles. The van der Waals surface area contributed by atoms with Crippen molar-refractivity contribution in [2.24, 2.45) is 4.99 Å². The molecule has 3 aromatic rings. The number of carbonyl (C=O) groups is 2. The average molecular weight is 402 g/mol. The standard InChI is InChI=1S/C22H22N6O2/c1-12-9-16-14(3)23-21(25-17(16)10-13(12)2)28-22-26-18(11-19(29)27-22)20(30)24-15-7-5-4-6-8-15/h4-10,18H,11H2,1-3H3,(H,24,30)(H2,23,25,26,27,28,29). The zero-order chi connectivity index (χ0) is 21.3. The Labute approximate surface area is 173 Å². The van der Waals surface area contributed by atoms with Crippen molar-refractivity contribution in [3.05, 3.63) is 59.3 Å². The maximum Gasteiger partial charge on any atom is 0.249 e. The van der Waals surface area contributed by atoms with Gasteiger partial charge in [0.25, 0.3) is 0 Å². The Hall–Kier alpha value is -3.81. The van der Waals surface area contributed by atoms with Crippen LogP contribution in [-0.2, 0) is 9.59 Å². The lowest BCUT2D eigenvalue weighted by Crippen LogP contribution is -2.46. The van der Waals surface area contributed by atoms with E-state index in [4.69, 9.17) is 0 Å². The Kier molecular flexibility index (Phi) is 5.14. The van der Waals surface area contributed by atoms with Gasteiger partial charge in [0.2, 0.25) is 23.7 Å².